The number of benzene rings is 1. The standard InChI is InChI=1S/C9H7BrS2/c1-5-2-3-7-6(4-5)8(11)9(10)12-7/h2-4,11H,1H3. The molecule has 0 nitrogen and oxygen atoms in total. The first kappa shape index (κ1) is 8.60. The molecule has 2 rings (SSSR count). The quantitative estimate of drug-likeness (QED) is 0.671. The molecular weight excluding hydrogens is 252 g/mol. The summed E-state index contributed by atoms with van der Waals surface area (Å²) >= 11 is 9.63. The van der Waals surface area contributed by atoms with E-state index in [1.807, 2.05) is 0 Å². The maximum atomic E-state index is 4.43. The van der Waals surface area contributed by atoms with Crippen molar-refractivity contribution in [3.05, 3.63) is 27.5 Å². The van der Waals surface area contributed by atoms with E-state index in [4.69, 9.17) is 0 Å². The molecule has 0 aliphatic carbocycles. The van der Waals surface area contributed by atoms with Gasteiger partial charge in [0.15, 0.2) is 0 Å². The number of thiophene rings is 1. The fourth-order valence-electron chi connectivity index (χ4n) is 1.17. The summed E-state index contributed by atoms with van der Waals surface area (Å²) in [5, 5.41) is 1.25. The van der Waals surface area contributed by atoms with Crippen LogP contribution in [0.3, 0.4) is 0 Å². The summed E-state index contributed by atoms with van der Waals surface area (Å²) in [6.45, 7) is 2.10. The highest BCUT2D eigenvalue weighted by molar-refractivity contribution is 9.11. The van der Waals surface area contributed by atoms with Gasteiger partial charge in [-0.15, -0.1) is 24.0 Å². The number of hydrogen-bond acceptors (Lipinski definition) is 2. The minimum absolute atomic E-state index is 1.05. The molecular formula is C9H7BrS2. The molecule has 62 valence electrons. The Balaban J connectivity index is 2.88. The van der Waals surface area contributed by atoms with Crippen LogP contribution in [0.2, 0.25) is 0 Å². The van der Waals surface area contributed by atoms with E-state index in [0.717, 1.165) is 8.68 Å². The van der Waals surface area contributed by atoms with Gasteiger partial charge in [0.25, 0.3) is 0 Å². The van der Waals surface area contributed by atoms with E-state index in [2.05, 4.69) is 53.7 Å². The molecule has 3 heteroatoms. The van der Waals surface area contributed by atoms with Gasteiger partial charge in [-0.25, -0.2) is 0 Å². The molecule has 2 aromatic rings. The normalized spacial score (nSPS) is 10.9. The van der Waals surface area contributed by atoms with Gasteiger partial charge < -0.3 is 0 Å². The third-order valence-corrected chi connectivity index (χ3v) is 4.54. The smallest absolute Gasteiger partial charge is 0.0844 e. The Morgan fingerprint density at radius 3 is 2.92 bits per heavy atom. The number of hydrogen-bond donors (Lipinski definition) is 1. The van der Waals surface area contributed by atoms with Gasteiger partial charge >= 0.3 is 0 Å². The van der Waals surface area contributed by atoms with Crippen molar-refractivity contribution in [3.8, 4) is 0 Å². The summed E-state index contributed by atoms with van der Waals surface area (Å²) in [5.74, 6) is 0. The Morgan fingerprint density at radius 2 is 2.17 bits per heavy atom. The van der Waals surface area contributed by atoms with Crippen LogP contribution in [-0.4, -0.2) is 0 Å². The fourth-order valence-corrected chi connectivity index (χ4v) is 3.11. The zero-order valence-electron chi connectivity index (χ0n) is 6.47. The average molecular weight is 259 g/mol. The number of fused-ring (bicyclic) bond motifs is 1. The number of rotatable bonds is 0. The molecule has 0 saturated heterocycles. The molecule has 0 N–H and O–H groups in total. The Kier molecular flexibility index (Phi) is 2.19. The van der Waals surface area contributed by atoms with Crippen LogP contribution in [0.5, 0.6) is 0 Å². The Bertz CT molecular complexity index is 431. The largest absolute Gasteiger partial charge is 0.141 e. The van der Waals surface area contributed by atoms with Crippen LogP contribution in [0.4, 0.5) is 0 Å². The van der Waals surface area contributed by atoms with E-state index in [9.17, 15) is 0 Å². The zero-order valence-corrected chi connectivity index (χ0v) is 9.76. The average Bonchev–Trinajstić information content (AvgIpc) is 2.31. The monoisotopic (exact) mass is 258 g/mol. The fraction of sp³-hybridized carbons (Fsp3) is 0.111. The minimum atomic E-state index is 1.05. The first-order chi connectivity index (χ1) is 5.68. The highest BCUT2D eigenvalue weighted by Gasteiger charge is 2.05. The van der Waals surface area contributed by atoms with Gasteiger partial charge in [-0.1, -0.05) is 11.6 Å². The van der Waals surface area contributed by atoms with Gasteiger partial charge in [-0.3, -0.25) is 0 Å². The molecule has 1 aromatic carbocycles. The van der Waals surface area contributed by atoms with Gasteiger partial charge in [0.2, 0.25) is 0 Å². The first-order valence-electron chi connectivity index (χ1n) is 3.56. The zero-order chi connectivity index (χ0) is 8.72. The predicted octanol–water partition coefficient (Wildman–Crippen LogP) is 4.26. The molecule has 0 saturated carbocycles. The SMILES string of the molecule is Cc1ccc2sc(Br)c(S)c2c1. The van der Waals surface area contributed by atoms with Gasteiger partial charge in [0.1, 0.15) is 0 Å². The first-order valence-corrected chi connectivity index (χ1v) is 5.62. The Labute approximate surface area is 89.1 Å². The second kappa shape index (κ2) is 3.05. The highest BCUT2D eigenvalue weighted by Crippen LogP contribution is 2.37. The molecule has 0 bridgehead atoms. The van der Waals surface area contributed by atoms with Crippen LogP contribution in [0.1, 0.15) is 5.56 Å². The topological polar surface area (TPSA) is 0 Å². The van der Waals surface area contributed by atoms with Gasteiger partial charge in [0.05, 0.1) is 3.79 Å². The van der Waals surface area contributed by atoms with E-state index in [1.165, 1.54) is 15.6 Å². The van der Waals surface area contributed by atoms with Crippen LogP contribution < -0.4 is 0 Å². The number of thiol groups is 1. The molecule has 1 aromatic heterocycles. The minimum Gasteiger partial charge on any atom is -0.141 e. The second-order valence-corrected chi connectivity index (χ2v) is 5.54. The lowest BCUT2D eigenvalue weighted by atomic mass is 10.2. The lowest BCUT2D eigenvalue weighted by Gasteiger charge is -1.92. The molecule has 0 aliphatic heterocycles. The Morgan fingerprint density at radius 1 is 1.42 bits per heavy atom. The number of halogens is 1. The van der Waals surface area contributed by atoms with Crippen molar-refractivity contribution < 1.29 is 0 Å². The van der Waals surface area contributed by atoms with E-state index < -0.39 is 0 Å². The van der Waals surface area contributed by atoms with Crippen LogP contribution >= 0.6 is 39.9 Å². The van der Waals surface area contributed by atoms with Crippen molar-refractivity contribution in [1.29, 1.82) is 0 Å². The predicted molar refractivity (Wildman–Crippen MR) is 61.5 cm³/mol. The summed E-state index contributed by atoms with van der Waals surface area (Å²) in [6, 6.07) is 6.43. The molecule has 0 aliphatic rings. The summed E-state index contributed by atoms with van der Waals surface area (Å²) in [5.41, 5.74) is 1.28. The van der Waals surface area contributed by atoms with Gasteiger partial charge in [-0.05, 0) is 35.0 Å². The molecule has 0 unspecified atom stereocenters. The maximum absolute atomic E-state index is 4.43. The van der Waals surface area contributed by atoms with E-state index in [0.29, 0.717) is 0 Å². The number of aryl methyl sites for hydroxylation is 1. The molecule has 0 spiro atoms. The van der Waals surface area contributed by atoms with Crippen molar-refractivity contribution in [1.82, 2.24) is 0 Å². The molecule has 12 heavy (non-hydrogen) atoms. The van der Waals surface area contributed by atoms with Crippen molar-refractivity contribution in [2.75, 3.05) is 0 Å². The molecule has 0 fully saturated rings. The lowest BCUT2D eigenvalue weighted by Crippen LogP contribution is -1.69. The van der Waals surface area contributed by atoms with Crippen molar-refractivity contribution in [2.24, 2.45) is 0 Å². The third kappa shape index (κ3) is 1.30. The van der Waals surface area contributed by atoms with Crippen molar-refractivity contribution >= 4 is 50.0 Å². The summed E-state index contributed by atoms with van der Waals surface area (Å²) in [6.07, 6.45) is 0. The van der Waals surface area contributed by atoms with Crippen LogP contribution in [0.25, 0.3) is 10.1 Å². The van der Waals surface area contributed by atoms with Crippen LogP contribution in [0.15, 0.2) is 26.9 Å². The maximum Gasteiger partial charge on any atom is 0.0844 e. The van der Waals surface area contributed by atoms with E-state index in [1.54, 1.807) is 11.3 Å². The van der Waals surface area contributed by atoms with Crippen molar-refractivity contribution in [2.45, 2.75) is 11.8 Å². The Hall–Kier alpha value is 0.01000. The summed E-state index contributed by atoms with van der Waals surface area (Å²) in [7, 11) is 0. The van der Waals surface area contributed by atoms with Gasteiger partial charge in [0, 0.05) is 15.0 Å². The third-order valence-electron chi connectivity index (χ3n) is 1.78. The van der Waals surface area contributed by atoms with Gasteiger partial charge in [-0.2, -0.15) is 0 Å². The summed E-state index contributed by atoms with van der Waals surface area (Å²) in [4.78, 5) is 1.05. The lowest BCUT2D eigenvalue weighted by molar-refractivity contribution is 1.49. The van der Waals surface area contributed by atoms with E-state index in [-0.39, 0.29) is 0 Å². The highest BCUT2D eigenvalue weighted by atomic mass is 79.9. The van der Waals surface area contributed by atoms with Crippen LogP contribution in [0, 0.1) is 6.92 Å². The molecule has 1 heterocycles. The van der Waals surface area contributed by atoms with E-state index >= 15 is 0 Å². The van der Waals surface area contributed by atoms with Crippen LogP contribution in [-0.2, 0) is 0 Å². The molecule has 0 atom stereocenters. The molecule has 0 amide bonds. The summed E-state index contributed by atoms with van der Waals surface area (Å²) < 4.78 is 2.41. The second-order valence-electron chi connectivity index (χ2n) is 2.72. The molecule has 0 radical (unpaired) electrons. The van der Waals surface area contributed by atoms with Crippen molar-refractivity contribution in [3.63, 3.8) is 0 Å².